The number of furan rings is 1. The molecule has 0 aliphatic carbocycles. The zero-order valence-corrected chi connectivity index (χ0v) is 17.6. The average Bonchev–Trinajstić information content (AvgIpc) is 3.43. The fourth-order valence-corrected chi connectivity index (χ4v) is 4.43. The Morgan fingerprint density at radius 2 is 1.58 bits per heavy atom. The number of benzene rings is 1. The highest BCUT2D eigenvalue weighted by atomic mass is 16.7. The van der Waals surface area contributed by atoms with Gasteiger partial charge in [0.1, 0.15) is 5.76 Å². The summed E-state index contributed by atoms with van der Waals surface area (Å²) < 4.78 is 16.9. The topological polar surface area (TPSA) is 86.0 Å². The lowest BCUT2D eigenvalue weighted by Gasteiger charge is -2.45. The lowest BCUT2D eigenvalue weighted by Crippen LogP contribution is -2.66. The van der Waals surface area contributed by atoms with Crippen molar-refractivity contribution in [1.82, 2.24) is 4.90 Å². The van der Waals surface area contributed by atoms with Crippen LogP contribution in [0.4, 0.5) is 0 Å². The number of carbonyl (C=O) groups is 3. The number of cyclic esters (lactones) is 2. The van der Waals surface area contributed by atoms with E-state index < -0.39 is 23.8 Å². The number of esters is 2. The van der Waals surface area contributed by atoms with Crippen LogP contribution in [0.5, 0.6) is 0 Å². The van der Waals surface area contributed by atoms with Crippen LogP contribution in [-0.2, 0) is 19.1 Å². The van der Waals surface area contributed by atoms with Crippen molar-refractivity contribution < 1.29 is 28.3 Å². The highest BCUT2D eigenvalue weighted by Crippen LogP contribution is 2.39. The van der Waals surface area contributed by atoms with E-state index in [1.165, 1.54) is 0 Å². The van der Waals surface area contributed by atoms with E-state index in [1.54, 1.807) is 12.1 Å². The van der Waals surface area contributed by atoms with Crippen molar-refractivity contribution in [3.8, 4) is 11.3 Å². The molecule has 0 saturated carbocycles. The summed E-state index contributed by atoms with van der Waals surface area (Å²) in [6.07, 6.45) is 2.42. The van der Waals surface area contributed by atoms with E-state index in [4.69, 9.17) is 13.9 Å². The quantitative estimate of drug-likeness (QED) is 0.518. The van der Waals surface area contributed by atoms with E-state index in [2.05, 4.69) is 0 Å². The van der Waals surface area contributed by atoms with Gasteiger partial charge in [-0.25, -0.2) is 9.59 Å². The first kappa shape index (κ1) is 21.1. The molecule has 162 valence electrons. The molecule has 0 N–H and O–H groups in total. The van der Waals surface area contributed by atoms with Gasteiger partial charge >= 0.3 is 11.9 Å². The first-order valence-electron chi connectivity index (χ1n) is 10.5. The van der Waals surface area contributed by atoms with Crippen molar-refractivity contribution in [3.05, 3.63) is 60.4 Å². The van der Waals surface area contributed by atoms with Crippen molar-refractivity contribution in [2.45, 2.75) is 38.5 Å². The summed E-state index contributed by atoms with van der Waals surface area (Å²) in [5, 5.41) is 0. The van der Waals surface area contributed by atoms with Gasteiger partial charge in [0.05, 0.1) is 0 Å². The fourth-order valence-electron chi connectivity index (χ4n) is 4.43. The van der Waals surface area contributed by atoms with Gasteiger partial charge in [-0.15, -0.1) is 0 Å². The molecule has 2 aliphatic rings. The minimum absolute atomic E-state index is 0.128. The van der Waals surface area contributed by atoms with Crippen LogP contribution in [0.2, 0.25) is 0 Å². The number of hydrogen-bond donors (Lipinski definition) is 0. The van der Waals surface area contributed by atoms with Crippen LogP contribution in [0.1, 0.15) is 37.2 Å². The summed E-state index contributed by atoms with van der Waals surface area (Å²) in [6, 6.07) is 12.8. The maximum Gasteiger partial charge on any atom is 0.334 e. The highest BCUT2D eigenvalue weighted by molar-refractivity contribution is 6.03. The van der Waals surface area contributed by atoms with Gasteiger partial charge in [0, 0.05) is 17.7 Å². The zero-order valence-electron chi connectivity index (χ0n) is 17.6. The van der Waals surface area contributed by atoms with Gasteiger partial charge in [-0.3, -0.25) is 9.69 Å². The Bertz CT molecular complexity index is 982. The molecule has 0 radical (unpaired) electrons. The van der Waals surface area contributed by atoms with E-state index in [1.807, 2.05) is 49.1 Å². The van der Waals surface area contributed by atoms with Gasteiger partial charge < -0.3 is 13.9 Å². The Kier molecular flexibility index (Phi) is 5.78. The predicted molar refractivity (Wildman–Crippen MR) is 112 cm³/mol. The maximum absolute atomic E-state index is 14.0. The molecule has 2 aromatic rings. The third-order valence-corrected chi connectivity index (χ3v) is 5.92. The fraction of sp³-hybridized carbons (Fsp3) is 0.375. The number of rotatable bonds is 6. The summed E-state index contributed by atoms with van der Waals surface area (Å²) in [6.45, 7) is 4.96. The van der Waals surface area contributed by atoms with Gasteiger partial charge in [-0.1, -0.05) is 44.2 Å². The molecule has 7 heteroatoms. The second-order valence-corrected chi connectivity index (χ2v) is 8.07. The van der Waals surface area contributed by atoms with Crippen LogP contribution in [0.3, 0.4) is 0 Å². The van der Waals surface area contributed by atoms with E-state index in [9.17, 15) is 14.4 Å². The Balaban J connectivity index is 1.79. The van der Waals surface area contributed by atoms with Gasteiger partial charge in [0.25, 0.3) is 6.29 Å². The van der Waals surface area contributed by atoms with E-state index in [0.717, 1.165) is 30.6 Å². The number of Topliss-reactive ketones (excluding diaryl/α,β-unsaturated/α-hetero) is 1. The summed E-state index contributed by atoms with van der Waals surface area (Å²) in [7, 11) is 0. The minimum atomic E-state index is -1.40. The Morgan fingerprint density at radius 1 is 0.968 bits per heavy atom. The molecule has 2 aliphatic heterocycles. The molecule has 1 aromatic heterocycles. The molecule has 1 aromatic carbocycles. The summed E-state index contributed by atoms with van der Waals surface area (Å²) >= 11 is 0. The van der Waals surface area contributed by atoms with Crippen LogP contribution in [-0.4, -0.2) is 47.5 Å². The van der Waals surface area contributed by atoms with Gasteiger partial charge in [0.2, 0.25) is 5.78 Å². The lowest BCUT2D eigenvalue weighted by molar-refractivity contribution is -0.205. The van der Waals surface area contributed by atoms with Crippen molar-refractivity contribution in [1.29, 1.82) is 0 Å². The molecule has 31 heavy (non-hydrogen) atoms. The van der Waals surface area contributed by atoms with Gasteiger partial charge in [-0.05, 0) is 44.0 Å². The van der Waals surface area contributed by atoms with E-state index in [0.29, 0.717) is 18.8 Å². The molecule has 1 saturated heterocycles. The Labute approximate surface area is 180 Å². The minimum Gasteiger partial charge on any atom is -0.453 e. The third-order valence-electron chi connectivity index (χ3n) is 5.92. The molecular formula is C24H25NO6. The molecule has 3 heterocycles. The number of ether oxygens (including phenoxy) is 2. The third kappa shape index (κ3) is 3.81. The number of carbonyl (C=O) groups excluding carboxylic acids is 3. The van der Waals surface area contributed by atoms with Crippen LogP contribution in [0, 0.1) is 5.92 Å². The second kappa shape index (κ2) is 8.51. The first-order chi connectivity index (χ1) is 14.9. The van der Waals surface area contributed by atoms with Crippen LogP contribution in [0.15, 0.2) is 59.0 Å². The molecule has 0 spiro atoms. The monoisotopic (exact) mass is 423 g/mol. The molecule has 1 fully saturated rings. The molecule has 7 nitrogen and oxygen atoms in total. The largest absolute Gasteiger partial charge is 0.453 e. The number of likely N-dealkylation sites (tertiary alicyclic amines) is 1. The molecule has 0 bridgehead atoms. The van der Waals surface area contributed by atoms with Crippen LogP contribution in [0.25, 0.3) is 11.3 Å². The maximum atomic E-state index is 14.0. The van der Waals surface area contributed by atoms with Crippen LogP contribution >= 0.6 is 0 Å². The van der Waals surface area contributed by atoms with Gasteiger partial charge in [-0.2, -0.15) is 0 Å². The van der Waals surface area contributed by atoms with Crippen LogP contribution < -0.4 is 0 Å². The normalized spacial score (nSPS) is 19.7. The van der Waals surface area contributed by atoms with Gasteiger partial charge in [0.15, 0.2) is 11.3 Å². The SMILES string of the molecule is CC(C)C(C(=O)c1ccc(-c2ccccc2)o1)(C1OC(=O)C=CC(=O)O1)N1CCCC1. The van der Waals surface area contributed by atoms with Crippen molar-refractivity contribution in [2.24, 2.45) is 5.92 Å². The average molecular weight is 423 g/mol. The molecule has 4 rings (SSSR count). The first-order valence-corrected chi connectivity index (χ1v) is 10.5. The summed E-state index contributed by atoms with van der Waals surface area (Å²) in [5.74, 6) is -1.48. The molecular weight excluding hydrogens is 398 g/mol. The number of hydrogen-bond acceptors (Lipinski definition) is 7. The molecule has 1 atom stereocenters. The number of ketones is 1. The Morgan fingerprint density at radius 3 is 2.16 bits per heavy atom. The lowest BCUT2D eigenvalue weighted by atomic mass is 9.78. The van der Waals surface area contributed by atoms with E-state index in [-0.39, 0.29) is 17.5 Å². The Hall–Kier alpha value is -3.19. The summed E-state index contributed by atoms with van der Waals surface area (Å²) in [4.78, 5) is 40.3. The summed E-state index contributed by atoms with van der Waals surface area (Å²) in [5.41, 5.74) is -0.561. The van der Waals surface area contributed by atoms with Crippen molar-refractivity contribution in [2.75, 3.05) is 13.1 Å². The highest BCUT2D eigenvalue weighted by Gasteiger charge is 2.58. The second-order valence-electron chi connectivity index (χ2n) is 8.07. The van der Waals surface area contributed by atoms with Crippen molar-refractivity contribution >= 4 is 17.7 Å². The van der Waals surface area contributed by atoms with E-state index >= 15 is 0 Å². The number of nitrogens with zero attached hydrogens (tertiary/aromatic N) is 1. The van der Waals surface area contributed by atoms with Crippen molar-refractivity contribution in [3.63, 3.8) is 0 Å². The zero-order chi connectivity index (χ0) is 22.0. The standard InChI is InChI=1S/C24H25NO6/c1-16(2)24(25-14-6-7-15-25,23-30-20(26)12-13-21(27)31-23)22(28)19-11-10-18(29-19)17-8-4-3-5-9-17/h3-5,8-13,16,23H,6-7,14-15H2,1-2H3. The predicted octanol–water partition coefficient (Wildman–Crippen LogP) is 3.60. The molecule has 1 unspecified atom stereocenters. The molecule has 0 amide bonds. The smallest absolute Gasteiger partial charge is 0.334 e.